The van der Waals surface area contributed by atoms with Crippen LogP contribution in [0.15, 0.2) is 53.0 Å². The lowest BCUT2D eigenvalue weighted by molar-refractivity contribution is -0.113. The van der Waals surface area contributed by atoms with E-state index in [0.717, 1.165) is 16.9 Å². The van der Waals surface area contributed by atoms with Gasteiger partial charge in [-0.3, -0.25) is 4.79 Å². The molecule has 0 saturated heterocycles. The lowest BCUT2D eigenvalue weighted by Crippen LogP contribution is -2.14. The number of hydrogen-bond acceptors (Lipinski definition) is 7. The molecule has 0 aliphatic rings. The molecule has 0 saturated carbocycles. The number of para-hydroxylation sites is 1. The summed E-state index contributed by atoms with van der Waals surface area (Å²) in [5, 5.41) is 15.4. The van der Waals surface area contributed by atoms with Gasteiger partial charge >= 0.3 is 0 Å². The SMILES string of the molecule is CCOc1ccccc1-c1nnc(SCC(=O)Nc2nc(-c3ccc(Cl)cc3Cl)cs2)n1C. The Bertz CT molecular complexity index is 1290. The number of carbonyl (C=O) groups is 1. The lowest BCUT2D eigenvalue weighted by atomic mass is 10.2. The fourth-order valence-electron chi connectivity index (χ4n) is 3.05. The number of anilines is 1. The number of thiazole rings is 1. The van der Waals surface area contributed by atoms with Crippen molar-refractivity contribution in [2.45, 2.75) is 12.1 Å². The van der Waals surface area contributed by atoms with E-state index in [2.05, 4.69) is 20.5 Å². The first kappa shape index (κ1) is 23.6. The van der Waals surface area contributed by atoms with Gasteiger partial charge in [-0.2, -0.15) is 0 Å². The zero-order valence-electron chi connectivity index (χ0n) is 17.7. The van der Waals surface area contributed by atoms with Crippen LogP contribution < -0.4 is 10.1 Å². The van der Waals surface area contributed by atoms with Crippen molar-refractivity contribution >= 4 is 57.3 Å². The van der Waals surface area contributed by atoms with Crippen molar-refractivity contribution in [3.63, 3.8) is 0 Å². The molecule has 0 atom stereocenters. The molecule has 170 valence electrons. The predicted molar refractivity (Wildman–Crippen MR) is 135 cm³/mol. The largest absolute Gasteiger partial charge is 0.493 e. The summed E-state index contributed by atoms with van der Waals surface area (Å²) in [5.74, 6) is 1.38. The van der Waals surface area contributed by atoms with E-state index in [4.69, 9.17) is 27.9 Å². The topological polar surface area (TPSA) is 81.9 Å². The van der Waals surface area contributed by atoms with Gasteiger partial charge in [-0.1, -0.05) is 47.1 Å². The van der Waals surface area contributed by atoms with Gasteiger partial charge < -0.3 is 14.6 Å². The number of rotatable bonds is 8. The van der Waals surface area contributed by atoms with E-state index in [1.54, 1.807) is 18.2 Å². The van der Waals surface area contributed by atoms with Crippen molar-refractivity contribution in [3.8, 4) is 28.4 Å². The molecule has 0 radical (unpaired) electrons. The molecule has 33 heavy (non-hydrogen) atoms. The summed E-state index contributed by atoms with van der Waals surface area (Å²) >= 11 is 14.8. The van der Waals surface area contributed by atoms with Crippen molar-refractivity contribution in [1.29, 1.82) is 0 Å². The maximum Gasteiger partial charge on any atom is 0.236 e. The quantitative estimate of drug-likeness (QED) is 0.285. The highest BCUT2D eigenvalue weighted by Gasteiger charge is 2.17. The Morgan fingerprint density at radius 3 is 2.79 bits per heavy atom. The first-order chi connectivity index (χ1) is 16.0. The fraction of sp³-hybridized carbons (Fsp3) is 0.182. The van der Waals surface area contributed by atoms with Gasteiger partial charge in [0.25, 0.3) is 0 Å². The molecule has 0 spiro atoms. The maximum atomic E-state index is 12.5. The highest BCUT2D eigenvalue weighted by Crippen LogP contribution is 2.33. The molecule has 2 aromatic heterocycles. The van der Waals surface area contributed by atoms with Crippen LogP contribution in [0.1, 0.15) is 6.92 Å². The molecule has 0 aliphatic heterocycles. The second-order valence-electron chi connectivity index (χ2n) is 6.79. The van der Waals surface area contributed by atoms with Crippen LogP contribution in [-0.2, 0) is 11.8 Å². The minimum Gasteiger partial charge on any atom is -0.493 e. The number of hydrogen-bond donors (Lipinski definition) is 1. The van der Waals surface area contributed by atoms with Gasteiger partial charge in [0, 0.05) is 23.0 Å². The predicted octanol–water partition coefficient (Wildman–Crippen LogP) is 6.04. The minimum absolute atomic E-state index is 0.162. The average Bonchev–Trinajstić information content (AvgIpc) is 3.39. The van der Waals surface area contributed by atoms with Crippen molar-refractivity contribution in [3.05, 3.63) is 57.9 Å². The molecular formula is C22H19Cl2N5O2S2. The summed E-state index contributed by atoms with van der Waals surface area (Å²) < 4.78 is 7.54. The van der Waals surface area contributed by atoms with Crippen LogP contribution in [0.4, 0.5) is 5.13 Å². The van der Waals surface area contributed by atoms with Gasteiger partial charge in [-0.05, 0) is 37.3 Å². The van der Waals surface area contributed by atoms with Crippen LogP contribution in [0.3, 0.4) is 0 Å². The number of benzene rings is 2. The number of amides is 1. The van der Waals surface area contributed by atoms with E-state index in [-0.39, 0.29) is 11.7 Å². The molecule has 11 heteroatoms. The average molecular weight is 520 g/mol. The summed E-state index contributed by atoms with van der Waals surface area (Å²) in [6.07, 6.45) is 0. The van der Waals surface area contributed by atoms with Gasteiger partial charge in [-0.25, -0.2) is 4.98 Å². The Morgan fingerprint density at radius 1 is 1.18 bits per heavy atom. The second kappa shape index (κ2) is 10.6. The molecule has 0 aliphatic carbocycles. The summed E-state index contributed by atoms with van der Waals surface area (Å²) in [4.78, 5) is 16.9. The second-order valence-corrected chi connectivity index (χ2v) is 9.44. The third-order valence-electron chi connectivity index (χ3n) is 4.55. The van der Waals surface area contributed by atoms with E-state index in [1.165, 1.54) is 23.1 Å². The summed E-state index contributed by atoms with van der Waals surface area (Å²) in [5.41, 5.74) is 2.28. The van der Waals surface area contributed by atoms with Gasteiger partial charge in [0.05, 0.1) is 28.6 Å². The van der Waals surface area contributed by atoms with Crippen LogP contribution in [0.2, 0.25) is 10.0 Å². The molecule has 2 aromatic carbocycles. The highest BCUT2D eigenvalue weighted by molar-refractivity contribution is 7.99. The van der Waals surface area contributed by atoms with Crippen LogP contribution >= 0.6 is 46.3 Å². The Balaban J connectivity index is 1.40. The molecule has 1 amide bonds. The van der Waals surface area contributed by atoms with Crippen LogP contribution in [0.5, 0.6) is 5.75 Å². The van der Waals surface area contributed by atoms with Crippen molar-refractivity contribution in [2.75, 3.05) is 17.7 Å². The van der Waals surface area contributed by atoms with Crippen LogP contribution in [0.25, 0.3) is 22.6 Å². The molecule has 0 unspecified atom stereocenters. The van der Waals surface area contributed by atoms with Gasteiger partial charge in [-0.15, -0.1) is 21.5 Å². The normalized spacial score (nSPS) is 10.9. The van der Waals surface area contributed by atoms with Crippen molar-refractivity contribution in [1.82, 2.24) is 19.7 Å². The number of thioether (sulfide) groups is 1. The highest BCUT2D eigenvalue weighted by atomic mass is 35.5. The number of halogens is 2. The number of aromatic nitrogens is 4. The third kappa shape index (κ3) is 5.50. The molecule has 4 aromatic rings. The molecule has 2 heterocycles. The Morgan fingerprint density at radius 2 is 2.00 bits per heavy atom. The van der Waals surface area contributed by atoms with E-state index >= 15 is 0 Å². The Hall–Kier alpha value is -2.59. The Labute approximate surface area is 209 Å². The third-order valence-corrected chi connectivity index (χ3v) is 6.88. The number of ether oxygens (including phenoxy) is 1. The zero-order valence-corrected chi connectivity index (χ0v) is 20.9. The molecule has 7 nitrogen and oxygen atoms in total. The first-order valence-corrected chi connectivity index (χ1v) is 12.5. The van der Waals surface area contributed by atoms with Gasteiger partial charge in [0.2, 0.25) is 5.91 Å². The van der Waals surface area contributed by atoms with Crippen molar-refractivity contribution in [2.24, 2.45) is 7.05 Å². The Kier molecular flexibility index (Phi) is 7.54. The molecule has 0 bridgehead atoms. The smallest absolute Gasteiger partial charge is 0.236 e. The fourth-order valence-corrected chi connectivity index (χ4v) is 4.99. The summed E-state index contributed by atoms with van der Waals surface area (Å²) in [6.45, 7) is 2.49. The van der Waals surface area contributed by atoms with Gasteiger partial charge in [0.15, 0.2) is 16.1 Å². The minimum atomic E-state index is -0.192. The number of carbonyl (C=O) groups excluding carboxylic acids is 1. The van der Waals surface area contributed by atoms with Crippen LogP contribution in [-0.4, -0.2) is 38.0 Å². The molecule has 0 fully saturated rings. The molecular weight excluding hydrogens is 501 g/mol. The molecule has 1 N–H and O–H groups in total. The molecule has 4 rings (SSSR count). The monoisotopic (exact) mass is 519 g/mol. The van der Waals surface area contributed by atoms with E-state index < -0.39 is 0 Å². The van der Waals surface area contributed by atoms with Crippen LogP contribution in [0, 0.1) is 0 Å². The van der Waals surface area contributed by atoms with E-state index in [1.807, 2.05) is 48.2 Å². The zero-order chi connectivity index (χ0) is 23.4. The van der Waals surface area contributed by atoms with Crippen molar-refractivity contribution < 1.29 is 9.53 Å². The van der Waals surface area contributed by atoms with E-state index in [9.17, 15) is 4.79 Å². The summed E-state index contributed by atoms with van der Waals surface area (Å²) in [7, 11) is 1.86. The summed E-state index contributed by atoms with van der Waals surface area (Å²) in [6, 6.07) is 12.9. The number of nitrogens with one attached hydrogen (secondary N) is 1. The lowest BCUT2D eigenvalue weighted by Gasteiger charge is -2.09. The van der Waals surface area contributed by atoms with E-state index in [0.29, 0.717) is 38.5 Å². The standard InChI is InChI=1S/C22H19Cl2N5O2S2/c1-3-31-18-7-5-4-6-15(18)20-27-28-22(29(20)2)33-12-19(30)26-21-25-17(11-32-21)14-9-8-13(23)10-16(14)24/h4-11H,3,12H2,1-2H3,(H,25,26,30). The number of nitrogens with zero attached hydrogens (tertiary/aromatic N) is 4. The van der Waals surface area contributed by atoms with Gasteiger partial charge in [0.1, 0.15) is 5.75 Å². The maximum absolute atomic E-state index is 12.5. The first-order valence-electron chi connectivity index (χ1n) is 9.91.